The third-order valence-corrected chi connectivity index (χ3v) is 0.901. The minimum absolute atomic E-state index is 0.0718. The van der Waals surface area contributed by atoms with Crippen molar-refractivity contribution in [1.82, 2.24) is 10.6 Å². The SMILES string of the molecule is CC(C)NC(C)NC=O. The Morgan fingerprint density at radius 2 is 1.89 bits per heavy atom. The van der Waals surface area contributed by atoms with E-state index < -0.39 is 0 Å². The lowest BCUT2D eigenvalue weighted by Gasteiger charge is -2.14. The normalized spacial score (nSPS) is 13.3. The maximum Gasteiger partial charge on any atom is 0.208 e. The van der Waals surface area contributed by atoms with Crippen LogP contribution in [0.2, 0.25) is 0 Å². The van der Waals surface area contributed by atoms with Gasteiger partial charge in [-0.15, -0.1) is 0 Å². The lowest BCUT2D eigenvalue weighted by molar-refractivity contribution is -0.110. The van der Waals surface area contributed by atoms with Gasteiger partial charge in [-0.05, 0) is 20.8 Å². The summed E-state index contributed by atoms with van der Waals surface area (Å²) < 4.78 is 0. The molecule has 0 rings (SSSR count). The van der Waals surface area contributed by atoms with E-state index in [1.807, 2.05) is 20.8 Å². The van der Waals surface area contributed by atoms with Crippen molar-refractivity contribution in [3.05, 3.63) is 0 Å². The van der Waals surface area contributed by atoms with Crippen LogP contribution in [0, 0.1) is 0 Å². The highest BCUT2D eigenvalue weighted by Gasteiger charge is 1.98. The minimum atomic E-state index is 0.0718. The number of rotatable bonds is 4. The van der Waals surface area contributed by atoms with Gasteiger partial charge < -0.3 is 5.32 Å². The molecular weight excluding hydrogens is 116 g/mol. The first-order chi connectivity index (χ1) is 4.16. The zero-order chi connectivity index (χ0) is 7.28. The number of carbonyl (C=O) groups is 1. The molecule has 0 aliphatic carbocycles. The second kappa shape index (κ2) is 4.32. The van der Waals surface area contributed by atoms with Crippen molar-refractivity contribution in [3.63, 3.8) is 0 Å². The molecule has 1 atom stereocenters. The van der Waals surface area contributed by atoms with Crippen LogP contribution < -0.4 is 10.6 Å². The van der Waals surface area contributed by atoms with E-state index in [4.69, 9.17) is 0 Å². The Morgan fingerprint density at radius 3 is 2.22 bits per heavy atom. The fourth-order valence-corrected chi connectivity index (χ4v) is 0.650. The molecule has 0 aliphatic rings. The van der Waals surface area contributed by atoms with Gasteiger partial charge in [0.2, 0.25) is 6.41 Å². The summed E-state index contributed by atoms with van der Waals surface area (Å²) in [7, 11) is 0. The number of hydrogen-bond donors (Lipinski definition) is 2. The lowest BCUT2D eigenvalue weighted by atomic mass is 10.4. The monoisotopic (exact) mass is 130 g/mol. The molecular formula is C6H14N2O. The smallest absolute Gasteiger partial charge is 0.208 e. The highest BCUT2D eigenvalue weighted by atomic mass is 16.1. The van der Waals surface area contributed by atoms with E-state index in [0.29, 0.717) is 12.5 Å². The summed E-state index contributed by atoms with van der Waals surface area (Å²) >= 11 is 0. The molecule has 3 nitrogen and oxygen atoms in total. The zero-order valence-electron chi connectivity index (χ0n) is 6.14. The summed E-state index contributed by atoms with van der Waals surface area (Å²) in [4.78, 5) is 9.85. The molecule has 2 N–H and O–H groups in total. The fourth-order valence-electron chi connectivity index (χ4n) is 0.650. The topological polar surface area (TPSA) is 41.1 Å². The van der Waals surface area contributed by atoms with Crippen LogP contribution in [0.5, 0.6) is 0 Å². The summed E-state index contributed by atoms with van der Waals surface area (Å²) in [5.41, 5.74) is 0. The van der Waals surface area contributed by atoms with E-state index in [9.17, 15) is 4.79 Å². The van der Waals surface area contributed by atoms with Crippen molar-refractivity contribution in [2.45, 2.75) is 33.0 Å². The zero-order valence-corrected chi connectivity index (χ0v) is 6.14. The second-order valence-corrected chi connectivity index (χ2v) is 2.33. The van der Waals surface area contributed by atoms with Gasteiger partial charge in [-0.25, -0.2) is 0 Å². The molecule has 0 saturated heterocycles. The quantitative estimate of drug-likeness (QED) is 0.418. The summed E-state index contributed by atoms with van der Waals surface area (Å²) in [5.74, 6) is 0. The van der Waals surface area contributed by atoms with Gasteiger partial charge in [0, 0.05) is 6.04 Å². The van der Waals surface area contributed by atoms with E-state index >= 15 is 0 Å². The predicted molar refractivity (Wildman–Crippen MR) is 36.9 cm³/mol. The molecule has 0 radical (unpaired) electrons. The predicted octanol–water partition coefficient (Wildman–Crippen LogP) is 0.0764. The Bertz CT molecular complexity index is 83.1. The molecule has 1 amide bonds. The first-order valence-corrected chi connectivity index (χ1v) is 3.12. The number of nitrogens with one attached hydrogen (secondary N) is 2. The van der Waals surface area contributed by atoms with E-state index in [1.54, 1.807) is 0 Å². The Labute approximate surface area is 55.8 Å². The third kappa shape index (κ3) is 5.30. The van der Waals surface area contributed by atoms with Crippen LogP contribution in [0.15, 0.2) is 0 Å². The summed E-state index contributed by atoms with van der Waals surface area (Å²) in [5, 5.41) is 5.69. The molecule has 0 aromatic rings. The highest BCUT2D eigenvalue weighted by Crippen LogP contribution is 1.78. The molecule has 0 aromatic heterocycles. The largest absolute Gasteiger partial charge is 0.344 e. The van der Waals surface area contributed by atoms with Gasteiger partial charge >= 0.3 is 0 Å². The van der Waals surface area contributed by atoms with Gasteiger partial charge in [0.15, 0.2) is 0 Å². The Morgan fingerprint density at radius 1 is 1.33 bits per heavy atom. The molecule has 0 aliphatic heterocycles. The van der Waals surface area contributed by atoms with Gasteiger partial charge in [-0.1, -0.05) is 0 Å². The summed E-state index contributed by atoms with van der Waals surface area (Å²) in [6.07, 6.45) is 0.766. The van der Waals surface area contributed by atoms with Crippen LogP contribution in [0.4, 0.5) is 0 Å². The molecule has 3 heteroatoms. The van der Waals surface area contributed by atoms with Crippen LogP contribution in [-0.4, -0.2) is 18.6 Å². The molecule has 0 bridgehead atoms. The molecule has 54 valence electrons. The van der Waals surface area contributed by atoms with Gasteiger partial charge in [0.1, 0.15) is 0 Å². The summed E-state index contributed by atoms with van der Waals surface area (Å²) in [6.45, 7) is 5.96. The minimum Gasteiger partial charge on any atom is -0.344 e. The molecule has 9 heavy (non-hydrogen) atoms. The maximum absolute atomic E-state index is 9.85. The van der Waals surface area contributed by atoms with Crippen molar-refractivity contribution < 1.29 is 4.79 Å². The Balaban J connectivity index is 3.25. The number of carbonyl (C=O) groups excluding carboxylic acids is 1. The Hall–Kier alpha value is -0.570. The standard InChI is InChI=1S/C6H14N2O/c1-5(2)8-6(3)7-4-9/h4-6,8H,1-3H3,(H,7,9). The Kier molecular flexibility index (Phi) is 4.05. The molecule has 0 heterocycles. The summed E-state index contributed by atoms with van der Waals surface area (Å²) in [6, 6.07) is 0.410. The highest BCUT2D eigenvalue weighted by molar-refractivity contribution is 5.46. The van der Waals surface area contributed by atoms with E-state index in [0.717, 1.165) is 0 Å². The van der Waals surface area contributed by atoms with E-state index in [-0.39, 0.29) is 6.17 Å². The van der Waals surface area contributed by atoms with Crippen molar-refractivity contribution in [3.8, 4) is 0 Å². The van der Waals surface area contributed by atoms with Crippen molar-refractivity contribution in [1.29, 1.82) is 0 Å². The van der Waals surface area contributed by atoms with Crippen LogP contribution in [0.3, 0.4) is 0 Å². The van der Waals surface area contributed by atoms with E-state index in [2.05, 4.69) is 10.6 Å². The number of amides is 1. The van der Waals surface area contributed by atoms with Crippen molar-refractivity contribution in [2.75, 3.05) is 0 Å². The first-order valence-electron chi connectivity index (χ1n) is 3.12. The van der Waals surface area contributed by atoms with Crippen LogP contribution in [-0.2, 0) is 4.79 Å². The van der Waals surface area contributed by atoms with Gasteiger partial charge in [-0.2, -0.15) is 0 Å². The molecule has 0 saturated carbocycles. The van der Waals surface area contributed by atoms with E-state index in [1.165, 1.54) is 0 Å². The number of hydrogen-bond acceptors (Lipinski definition) is 2. The maximum atomic E-state index is 9.85. The lowest BCUT2D eigenvalue weighted by Crippen LogP contribution is -2.42. The average Bonchev–Trinajstić information content (AvgIpc) is 1.63. The average molecular weight is 130 g/mol. The molecule has 0 aromatic carbocycles. The van der Waals surface area contributed by atoms with Crippen LogP contribution in [0.25, 0.3) is 0 Å². The second-order valence-electron chi connectivity index (χ2n) is 2.33. The van der Waals surface area contributed by atoms with Crippen LogP contribution in [0.1, 0.15) is 20.8 Å². The molecule has 0 fully saturated rings. The van der Waals surface area contributed by atoms with Gasteiger partial charge in [-0.3, -0.25) is 10.1 Å². The fraction of sp³-hybridized carbons (Fsp3) is 0.833. The molecule has 0 spiro atoms. The van der Waals surface area contributed by atoms with Gasteiger partial charge in [0.25, 0.3) is 0 Å². The van der Waals surface area contributed by atoms with Gasteiger partial charge in [0.05, 0.1) is 6.17 Å². The van der Waals surface area contributed by atoms with Crippen LogP contribution >= 0.6 is 0 Å². The van der Waals surface area contributed by atoms with Crippen molar-refractivity contribution in [2.24, 2.45) is 0 Å². The first kappa shape index (κ1) is 8.43. The molecule has 1 unspecified atom stereocenters. The van der Waals surface area contributed by atoms with Crippen molar-refractivity contribution >= 4 is 6.41 Å². The third-order valence-electron chi connectivity index (χ3n) is 0.901.